The van der Waals surface area contributed by atoms with Gasteiger partial charge >= 0.3 is 0 Å². The molecule has 0 atom stereocenters. The van der Waals surface area contributed by atoms with E-state index in [9.17, 15) is 4.79 Å². The number of pyridine rings is 1. The average molecular weight is 368 g/mol. The standard InChI is InChI=1S/C23H20N4O/c1-27-16-21(15-26-27)22-20(8-5-13-24-22)14-25-23(28)19-11-9-18(10-12-19)17-6-3-2-4-7-17/h2-13,15-16H,14H2,1H3,(H,25,28). The van der Waals surface area contributed by atoms with E-state index in [1.54, 1.807) is 17.1 Å². The molecule has 0 aliphatic carbocycles. The molecule has 5 heteroatoms. The largest absolute Gasteiger partial charge is 0.348 e. The van der Waals surface area contributed by atoms with Gasteiger partial charge in [0, 0.05) is 37.1 Å². The SMILES string of the molecule is Cn1cc(-c2ncccc2CNC(=O)c2ccc(-c3ccccc3)cc2)cn1. The first kappa shape index (κ1) is 17.7. The summed E-state index contributed by atoms with van der Waals surface area (Å²) in [7, 11) is 1.87. The molecule has 0 radical (unpaired) electrons. The minimum absolute atomic E-state index is 0.111. The predicted octanol–water partition coefficient (Wildman–Crippen LogP) is 4.08. The van der Waals surface area contributed by atoms with E-state index < -0.39 is 0 Å². The highest BCUT2D eigenvalue weighted by atomic mass is 16.1. The van der Waals surface area contributed by atoms with Crippen LogP contribution < -0.4 is 5.32 Å². The number of carbonyl (C=O) groups excluding carboxylic acids is 1. The quantitative estimate of drug-likeness (QED) is 0.577. The highest BCUT2D eigenvalue weighted by molar-refractivity contribution is 5.94. The smallest absolute Gasteiger partial charge is 0.251 e. The molecule has 0 saturated carbocycles. The lowest BCUT2D eigenvalue weighted by atomic mass is 10.0. The number of amides is 1. The zero-order valence-electron chi connectivity index (χ0n) is 15.5. The van der Waals surface area contributed by atoms with Crippen molar-refractivity contribution in [3.8, 4) is 22.4 Å². The van der Waals surface area contributed by atoms with E-state index in [2.05, 4.69) is 27.5 Å². The molecule has 2 heterocycles. The molecule has 28 heavy (non-hydrogen) atoms. The molecule has 0 aliphatic rings. The number of aromatic nitrogens is 3. The predicted molar refractivity (Wildman–Crippen MR) is 109 cm³/mol. The van der Waals surface area contributed by atoms with Crippen LogP contribution in [0.3, 0.4) is 0 Å². The van der Waals surface area contributed by atoms with E-state index >= 15 is 0 Å². The Balaban J connectivity index is 1.47. The van der Waals surface area contributed by atoms with E-state index in [0.29, 0.717) is 12.1 Å². The number of aryl methyl sites for hydroxylation is 1. The maximum atomic E-state index is 12.6. The number of hydrogen-bond donors (Lipinski definition) is 1. The van der Waals surface area contributed by atoms with Gasteiger partial charge in [0.25, 0.3) is 5.91 Å². The van der Waals surface area contributed by atoms with Crippen molar-refractivity contribution in [2.24, 2.45) is 7.05 Å². The topological polar surface area (TPSA) is 59.8 Å². The fourth-order valence-corrected chi connectivity index (χ4v) is 3.11. The highest BCUT2D eigenvalue weighted by Gasteiger charge is 2.11. The van der Waals surface area contributed by atoms with Gasteiger partial charge in [-0.2, -0.15) is 5.10 Å². The molecule has 0 spiro atoms. The number of carbonyl (C=O) groups is 1. The van der Waals surface area contributed by atoms with Crippen LogP contribution in [0.4, 0.5) is 0 Å². The van der Waals surface area contributed by atoms with Gasteiger partial charge in [-0.25, -0.2) is 0 Å². The van der Waals surface area contributed by atoms with Crippen molar-refractivity contribution >= 4 is 5.91 Å². The second-order valence-corrected chi connectivity index (χ2v) is 6.54. The monoisotopic (exact) mass is 368 g/mol. The molecule has 2 aromatic carbocycles. The van der Waals surface area contributed by atoms with Gasteiger partial charge in [0.15, 0.2) is 0 Å². The number of benzene rings is 2. The maximum Gasteiger partial charge on any atom is 0.251 e. The van der Waals surface area contributed by atoms with Gasteiger partial charge < -0.3 is 5.32 Å². The van der Waals surface area contributed by atoms with E-state index in [4.69, 9.17) is 0 Å². The van der Waals surface area contributed by atoms with Crippen LogP contribution in [-0.4, -0.2) is 20.7 Å². The zero-order chi connectivity index (χ0) is 19.3. The van der Waals surface area contributed by atoms with E-state index in [1.165, 1.54) is 0 Å². The lowest BCUT2D eigenvalue weighted by Gasteiger charge is -2.09. The van der Waals surface area contributed by atoms with Crippen LogP contribution in [0, 0.1) is 0 Å². The molecule has 2 aromatic heterocycles. The lowest BCUT2D eigenvalue weighted by molar-refractivity contribution is 0.0951. The zero-order valence-corrected chi connectivity index (χ0v) is 15.5. The Labute approximate surface area is 163 Å². The maximum absolute atomic E-state index is 12.6. The van der Waals surface area contributed by atoms with E-state index in [-0.39, 0.29) is 5.91 Å². The summed E-state index contributed by atoms with van der Waals surface area (Å²) in [4.78, 5) is 17.0. The Bertz CT molecular complexity index is 1090. The van der Waals surface area contributed by atoms with Crippen molar-refractivity contribution in [2.75, 3.05) is 0 Å². The van der Waals surface area contributed by atoms with Crippen LogP contribution in [0.1, 0.15) is 15.9 Å². The Kier molecular flexibility index (Phi) is 4.97. The number of rotatable bonds is 5. The minimum atomic E-state index is -0.111. The molecule has 138 valence electrons. The van der Waals surface area contributed by atoms with E-state index in [0.717, 1.165) is 27.9 Å². The molecule has 1 amide bonds. The van der Waals surface area contributed by atoms with Gasteiger partial charge in [0.1, 0.15) is 0 Å². The third kappa shape index (κ3) is 3.83. The summed E-state index contributed by atoms with van der Waals surface area (Å²) in [6.45, 7) is 0.400. The Morgan fingerprint density at radius 3 is 2.39 bits per heavy atom. The van der Waals surface area contributed by atoms with Gasteiger partial charge in [-0.05, 0) is 34.9 Å². The summed E-state index contributed by atoms with van der Waals surface area (Å²) in [6.07, 6.45) is 5.43. The van der Waals surface area contributed by atoms with Crippen molar-refractivity contribution < 1.29 is 4.79 Å². The minimum Gasteiger partial charge on any atom is -0.348 e. The van der Waals surface area contributed by atoms with Crippen molar-refractivity contribution in [1.29, 1.82) is 0 Å². The molecule has 0 fully saturated rings. The van der Waals surface area contributed by atoms with Crippen LogP contribution in [-0.2, 0) is 13.6 Å². The molecule has 0 aliphatic heterocycles. The Morgan fingerprint density at radius 2 is 1.68 bits per heavy atom. The van der Waals surface area contributed by atoms with E-state index in [1.807, 2.05) is 67.8 Å². The molecular formula is C23H20N4O. The molecule has 0 bridgehead atoms. The third-order valence-electron chi connectivity index (χ3n) is 4.56. The first-order chi connectivity index (χ1) is 13.7. The van der Waals surface area contributed by atoms with Gasteiger partial charge in [0.2, 0.25) is 0 Å². The average Bonchev–Trinajstić information content (AvgIpc) is 3.19. The Morgan fingerprint density at radius 1 is 0.929 bits per heavy atom. The summed E-state index contributed by atoms with van der Waals surface area (Å²) in [5.74, 6) is -0.111. The molecule has 0 unspecified atom stereocenters. The molecule has 4 rings (SSSR count). The number of hydrogen-bond acceptors (Lipinski definition) is 3. The summed E-state index contributed by atoms with van der Waals surface area (Å²) >= 11 is 0. The highest BCUT2D eigenvalue weighted by Crippen LogP contribution is 2.21. The van der Waals surface area contributed by atoms with Gasteiger partial charge in [-0.3, -0.25) is 14.5 Å². The van der Waals surface area contributed by atoms with Crippen LogP contribution in [0.2, 0.25) is 0 Å². The van der Waals surface area contributed by atoms with Crippen LogP contribution in [0.5, 0.6) is 0 Å². The van der Waals surface area contributed by atoms with Crippen LogP contribution in [0.25, 0.3) is 22.4 Å². The first-order valence-corrected chi connectivity index (χ1v) is 9.07. The summed E-state index contributed by atoms with van der Waals surface area (Å²) < 4.78 is 1.74. The fourth-order valence-electron chi connectivity index (χ4n) is 3.11. The second-order valence-electron chi connectivity index (χ2n) is 6.54. The molecule has 0 saturated heterocycles. The molecule has 1 N–H and O–H groups in total. The van der Waals surface area contributed by atoms with Crippen LogP contribution >= 0.6 is 0 Å². The molecular weight excluding hydrogens is 348 g/mol. The van der Waals surface area contributed by atoms with Crippen molar-refractivity contribution in [1.82, 2.24) is 20.1 Å². The van der Waals surface area contributed by atoms with Crippen LogP contribution in [0.15, 0.2) is 85.3 Å². The number of nitrogens with one attached hydrogen (secondary N) is 1. The van der Waals surface area contributed by atoms with Crippen molar-refractivity contribution in [3.05, 3.63) is 96.4 Å². The normalized spacial score (nSPS) is 10.6. The Hall–Kier alpha value is -3.73. The van der Waals surface area contributed by atoms with Crippen molar-refractivity contribution in [3.63, 3.8) is 0 Å². The fraction of sp³-hybridized carbons (Fsp3) is 0.0870. The summed E-state index contributed by atoms with van der Waals surface area (Å²) in [6, 6.07) is 21.6. The summed E-state index contributed by atoms with van der Waals surface area (Å²) in [5, 5.41) is 7.18. The lowest BCUT2D eigenvalue weighted by Crippen LogP contribution is -2.23. The molecule has 4 aromatic rings. The molecule has 5 nitrogen and oxygen atoms in total. The van der Waals surface area contributed by atoms with Gasteiger partial charge in [-0.15, -0.1) is 0 Å². The van der Waals surface area contributed by atoms with Crippen molar-refractivity contribution in [2.45, 2.75) is 6.54 Å². The van der Waals surface area contributed by atoms with Gasteiger partial charge in [0.05, 0.1) is 11.9 Å². The second kappa shape index (κ2) is 7.88. The summed E-state index contributed by atoms with van der Waals surface area (Å²) in [5.41, 5.74) is 5.56. The number of nitrogens with zero attached hydrogens (tertiary/aromatic N) is 3. The third-order valence-corrected chi connectivity index (χ3v) is 4.56. The van der Waals surface area contributed by atoms with Gasteiger partial charge in [-0.1, -0.05) is 48.5 Å². The first-order valence-electron chi connectivity index (χ1n) is 9.07.